The van der Waals surface area contributed by atoms with E-state index in [1.54, 1.807) is 0 Å². The lowest BCUT2D eigenvalue weighted by molar-refractivity contribution is -0.134. The SMILES string of the molecule is O=C(O)[C]F. The Morgan fingerprint density at radius 1 is 2.00 bits per heavy atom. The van der Waals surface area contributed by atoms with Gasteiger partial charge in [0.05, 0.1) is 0 Å². The molecular formula is C2HFO2. The summed E-state index contributed by atoms with van der Waals surface area (Å²) in [7, 11) is 0. The lowest BCUT2D eigenvalue weighted by Crippen LogP contribution is -1.87. The highest BCUT2D eigenvalue weighted by molar-refractivity contribution is 5.74. The number of halogens is 1. The van der Waals surface area contributed by atoms with E-state index < -0.39 is 5.97 Å². The molecule has 0 aromatic carbocycles. The van der Waals surface area contributed by atoms with Crippen LogP contribution in [0.15, 0.2) is 0 Å². The van der Waals surface area contributed by atoms with Crippen LogP contribution in [0, 0.1) is 6.67 Å². The number of hydrogen-bond donors (Lipinski definition) is 1. The molecule has 3 heteroatoms. The largest absolute Gasteiger partial charge is 0.479 e. The van der Waals surface area contributed by atoms with Gasteiger partial charge in [-0.05, 0) is 0 Å². The zero-order valence-corrected chi connectivity index (χ0v) is 2.23. The molecule has 0 aromatic heterocycles. The maximum Gasteiger partial charge on any atom is 0.350 e. The van der Waals surface area contributed by atoms with E-state index in [1.807, 2.05) is 0 Å². The topological polar surface area (TPSA) is 37.3 Å². The van der Waals surface area contributed by atoms with Crippen LogP contribution in [0.4, 0.5) is 4.39 Å². The van der Waals surface area contributed by atoms with Crippen LogP contribution < -0.4 is 0 Å². The lowest BCUT2D eigenvalue weighted by Gasteiger charge is -1.65. The molecule has 0 aliphatic rings. The third-order valence-corrected chi connectivity index (χ3v) is 0.0808. The molecule has 5 heavy (non-hydrogen) atoms. The normalized spacial score (nSPS) is 7.40. The number of hydrogen-bond acceptors (Lipinski definition) is 1. The van der Waals surface area contributed by atoms with Gasteiger partial charge in [-0.2, -0.15) is 0 Å². The Morgan fingerprint density at radius 3 is 2.20 bits per heavy atom. The number of carboxylic acids is 1. The Morgan fingerprint density at radius 2 is 2.20 bits per heavy atom. The Bertz CT molecular complexity index is 42.9. The van der Waals surface area contributed by atoms with Crippen molar-refractivity contribution in [2.24, 2.45) is 0 Å². The van der Waals surface area contributed by atoms with Gasteiger partial charge in [0, 0.05) is 0 Å². The first-order valence-corrected chi connectivity index (χ1v) is 0.867. The minimum absolute atomic E-state index is 0.444. The van der Waals surface area contributed by atoms with Crippen molar-refractivity contribution in [3.8, 4) is 0 Å². The van der Waals surface area contributed by atoms with Gasteiger partial charge in [-0.25, -0.2) is 9.18 Å². The number of carbonyl (C=O) groups is 1. The van der Waals surface area contributed by atoms with Gasteiger partial charge in [0.15, 0.2) is 0 Å². The van der Waals surface area contributed by atoms with E-state index >= 15 is 0 Å². The zero-order chi connectivity index (χ0) is 4.28. The summed E-state index contributed by atoms with van der Waals surface area (Å²) < 4.78 is 10.3. The second-order valence-electron chi connectivity index (χ2n) is 0.400. The molecule has 0 heterocycles. The minimum Gasteiger partial charge on any atom is -0.479 e. The van der Waals surface area contributed by atoms with Gasteiger partial charge < -0.3 is 5.11 Å². The van der Waals surface area contributed by atoms with Crippen LogP contribution in [0.5, 0.6) is 0 Å². The number of aliphatic carboxylic acids is 1. The first-order chi connectivity index (χ1) is 2.27. The fraction of sp³-hybridized carbons (Fsp3) is 0. The third-order valence-electron chi connectivity index (χ3n) is 0.0808. The fourth-order valence-electron chi connectivity index (χ4n) is 0. The van der Waals surface area contributed by atoms with Crippen LogP contribution in [-0.4, -0.2) is 11.1 Å². The van der Waals surface area contributed by atoms with E-state index in [2.05, 4.69) is 0 Å². The summed E-state index contributed by atoms with van der Waals surface area (Å²) in [5.41, 5.74) is 0. The van der Waals surface area contributed by atoms with Gasteiger partial charge in [0.2, 0.25) is 0 Å². The van der Waals surface area contributed by atoms with E-state index in [-0.39, 0.29) is 0 Å². The van der Waals surface area contributed by atoms with Crippen molar-refractivity contribution >= 4 is 5.97 Å². The summed E-state index contributed by atoms with van der Waals surface area (Å²) in [4.78, 5) is 8.88. The van der Waals surface area contributed by atoms with Gasteiger partial charge in [-0.15, -0.1) is 0 Å². The van der Waals surface area contributed by atoms with Crippen molar-refractivity contribution in [3.05, 3.63) is 6.67 Å². The van der Waals surface area contributed by atoms with Crippen molar-refractivity contribution in [1.29, 1.82) is 0 Å². The third kappa shape index (κ3) is 3.40. The molecule has 0 atom stereocenters. The second kappa shape index (κ2) is 1.69. The molecule has 0 rings (SSSR count). The highest BCUT2D eigenvalue weighted by Crippen LogP contribution is 1.70. The predicted octanol–water partition coefficient (Wildman–Crippen LogP) is 0.0793. The van der Waals surface area contributed by atoms with Gasteiger partial charge in [-0.3, -0.25) is 0 Å². The van der Waals surface area contributed by atoms with Crippen molar-refractivity contribution in [2.45, 2.75) is 0 Å². The maximum atomic E-state index is 10.3. The quantitative estimate of drug-likeness (QED) is 0.480. The molecule has 28 valence electrons. The zero-order valence-electron chi connectivity index (χ0n) is 2.23. The molecule has 2 radical (unpaired) electrons. The molecule has 0 amide bonds. The number of carboxylic acid groups (broad SMARTS) is 1. The summed E-state index contributed by atoms with van der Waals surface area (Å²) in [6.07, 6.45) is 0. The predicted molar refractivity (Wildman–Crippen MR) is 12.0 cm³/mol. The Kier molecular flexibility index (Phi) is 1.49. The van der Waals surface area contributed by atoms with Crippen LogP contribution >= 0.6 is 0 Å². The molecule has 0 aliphatic heterocycles. The highest BCUT2D eigenvalue weighted by Gasteiger charge is 1.90. The molecule has 2 nitrogen and oxygen atoms in total. The average molecular weight is 76.0 g/mol. The molecule has 0 saturated carbocycles. The standard InChI is InChI=1S/C2HFO2/c3-1-2(4)5/h(H,4,5). The van der Waals surface area contributed by atoms with Gasteiger partial charge in [0.1, 0.15) is 0 Å². The highest BCUT2D eigenvalue weighted by atomic mass is 19.1. The maximum absolute atomic E-state index is 10.3. The van der Waals surface area contributed by atoms with Crippen LogP contribution in [0.2, 0.25) is 0 Å². The molecular weight excluding hydrogens is 75.0 g/mol. The molecule has 0 bridgehead atoms. The van der Waals surface area contributed by atoms with Crippen molar-refractivity contribution in [1.82, 2.24) is 0 Å². The van der Waals surface area contributed by atoms with E-state index in [4.69, 9.17) is 9.90 Å². The van der Waals surface area contributed by atoms with Gasteiger partial charge in [0.25, 0.3) is 0 Å². The van der Waals surface area contributed by atoms with E-state index in [0.717, 1.165) is 0 Å². The summed E-state index contributed by atoms with van der Waals surface area (Å²) >= 11 is 0. The smallest absolute Gasteiger partial charge is 0.350 e. The molecule has 0 spiro atoms. The van der Waals surface area contributed by atoms with Crippen LogP contribution in [0.1, 0.15) is 0 Å². The molecule has 0 saturated heterocycles. The minimum atomic E-state index is -1.66. The Labute approximate surface area is 28.2 Å². The molecule has 1 N–H and O–H groups in total. The monoisotopic (exact) mass is 76.0 g/mol. The average Bonchev–Trinajstić information content (AvgIpc) is 1.38. The van der Waals surface area contributed by atoms with Gasteiger partial charge >= 0.3 is 12.6 Å². The molecule has 0 aromatic rings. The van der Waals surface area contributed by atoms with E-state index in [1.165, 1.54) is 0 Å². The van der Waals surface area contributed by atoms with Crippen LogP contribution in [0.25, 0.3) is 0 Å². The lowest BCUT2D eigenvalue weighted by atomic mass is 10.8. The first-order valence-electron chi connectivity index (χ1n) is 0.867. The van der Waals surface area contributed by atoms with Crippen molar-refractivity contribution < 1.29 is 14.3 Å². The van der Waals surface area contributed by atoms with Gasteiger partial charge in [-0.1, -0.05) is 0 Å². The van der Waals surface area contributed by atoms with Crippen molar-refractivity contribution in [3.63, 3.8) is 0 Å². The summed E-state index contributed by atoms with van der Waals surface area (Å²) in [6.45, 7) is 0.444. The number of rotatable bonds is 1. The Hall–Kier alpha value is -0.600. The van der Waals surface area contributed by atoms with E-state index in [9.17, 15) is 4.39 Å². The summed E-state index contributed by atoms with van der Waals surface area (Å²) in [6, 6.07) is 0. The van der Waals surface area contributed by atoms with Crippen LogP contribution in [0.3, 0.4) is 0 Å². The molecule has 0 fully saturated rings. The molecule has 0 aliphatic carbocycles. The summed E-state index contributed by atoms with van der Waals surface area (Å²) in [5, 5.41) is 7.24. The van der Waals surface area contributed by atoms with E-state index in [0.29, 0.717) is 6.67 Å². The fourth-order valence-corrected chi connectivity index (χ4v) is 0. The second-order valence-corrected chi connectivity index (χ2v) is 0.400. The molecule has 0 unspecified atom stereocenters. The van der Waals surface area contributed by atoms with Crippen molar-refractivity contribution in [2.75, 3.05) is 0 Å². The first kappa shape index (κ1) is 4.40. The Balaban J connectivity index is 2.85. The summed E-state index contributed by atoms with van der Waals surface area (Å²) in [5.74, 6) is -1.66. The van der Waals surface area contributed by atoms with Crippen LogP contribution in [-0.2, 0) is 4.79 Å².